The molecule has 2 aromatic heterocycles. The maximum Gasteiger partial charge on any atom is 0.391 e. The number of nitrogens with zero attached hydrogens (tertiary/aromatic N) is 3. The van der Waals surface area contributed by atoms with E-state index in [0.29, 0.717) is 17.0 Å². The van der Waals surface area contributed by atoms with E-state index < -0.39 is 23.8 Å². The van der Waals surface area contributed by atoms with Crippen LogP contribution in [-0.2, 0) is 7.05 Å². The maximum absolute atomic E-state index is 14.1. The van der Waals surface area contributed by atoms with E-state index in [1.807, 2.05) is 0 Å². The van der Waals surface area contributed by atoms with Crippen LogP contribution >= 0.6 is 11.6 Å². The third-order valence-electron chi connectivity index (χ3n) is 5.72. The van der Waals surface area contributed by atoms with E-state index in [4.69, 9.17) is 11.6 Å². The molecule has 0 radical (unpaired) electrons. The minimum Gasteiger partial charge on any atom is -0.348 e. The van der Waals surface area contributed by atoms with Gasteiger partial charge in [-0.3, -0.25) is 4.79 Å². The molecule has 32 heavy (non-hydrogen) atoms. The second-order valence-electron chi connectivity index (χ2n) is 7.84. The highest BCUT2D eigenvalue weighted by atomic mass is 35.5. The normalized spacial score (nSPS) is 19.2. The van der Waals surface area contributed by atoms with E-state index in [-0.39, 0.29) is 48.1 Å². The van der Waals surface area contributed by atoms with Crippen molar-refractivity contribution in [3.05, 3.63) is 47.0 Å². The molecule has 1 aliphatic carbocycles. The number of aryl methyl sites for hydroxylation is 1. The molecule has 0 unspecified atom stereocenters. The number of amides is 1. The molecule has 2 heterocycles. The number of anilines is 2. The summed E-state index contributed by atoms with van der Waals surface area (Å²) in [4.78, 5) is 21.2. The van der Waals surface area contributed by atoms with Gasteiger partial charge in [-0.2, -0.15) is 13.2 Å². The summed E-state index contributed by atoms with van der Waals surface area (Å²) >= 11 is 6.06. The van der Waals surface area contributed by atoms with Gasteiger partial charge in [-0.1, -0.05) is 17.7 Å². The number of halogens is 5. The standard InChI is InChI=1S/C21H20ClF4N5O/c1-31-17-10-27-16(19(32)28-12-7-5-11(6-8-12)21(24,25)26)9-15(17)29-20(31)30-18-13(22)3-2-4-14(18)23/h2-4,9-12H,5-8H2,1H3,(H,28,32)(H,29,30). The minimum absolute atomic E-state index is 0.00517. The Labute approximate surface area is 186 Å². The number of nitrogens with one attached hydrogen (secondary N) is 2. The molecule has 1 amide bonds. The lowest BCUT2D eigenvalue weighted by Crippen LogP contribution is -2.40. The van der Waals surface area contributed by atoms with Gasteiger partial charge in [-0.05, 0) is 43.9 Å². The van der Waals surface area contributed by atoms with Gasteiger partial charge in [0.2, 0.25) is 5.95 Å². The third kappa shape index (κ3) is 4.50. The highest BCUT2D eigenvalue weighted by Gasteiger charge is 2.41. The van der Waals surface area contributed by atoms with Crippen LogP contribution in [0.3, 0.4) is 0 Å². The van der Waals surface area contributed by atoms with Gasteiger partial charge < -0.3 is 15.2 Å². The minimum atomic E-state index is -4.20. The van der Waals surface area contributed by atoms with Crippen LogP contribution in [0.1, 0.15) is 36.2 Å². The lowest BCUT2D eigenvalue weighted by Gasteiger charge is -2.30. The fourth-order valence-electron chi connectivity index (χ4n) is 3.88. The average Bonchev–Trinajstić information content (AvgIpc) is 3.05. The van der Waals surface area contributed by atoms with Gasteiger partial charge in [0.05, 0.1) is 33.9 Å². The van der Waals surface area contributed by atoms with Crippen LogP contribution in [0.5, 0.6) is 0 Å². The first-order valence-electron chi connectivity index (χ1n) is 10.0. The van der Waals surface area contributed by atoms with E-state index in [1.165, 1.54) is 24.4 Å². The number of hydrogen-bond acceptors (Lipinski definition) is 4. The molecule has 11 heteroatoms. The van der Waals surface area contributed by atoms with Crippen molar-refractivity contribution >= 4 is 40.2 Å². The van der Waals surface area contributed by atoms with E-state index in [2.05, 4.69) is 20.6 Å². The van der Waals surface area contributed by atoms with Crippen molar-refractivity contribution in [1.29, 1.82) is 0 Å². The van der Waals surface area contributed by atoms with Gasteiger partial charge in [-0.15, -0.1) is 0 Å². The predicted octanol–water partition coefficient (Wildman–Crippen LogP) is 5.36. The van der Waals surface area contributed by atoms with E-state index in [0.717, 1.165) is 0 Å². The fourth-order valence-corrected chi connectivity index (χ4v) is 4.09. The van der Waals surface area contributed by atoms with Crippen molar-refractivity contribution in [2.24, 2.45) is 13.0 Å². The Bertz CT molecular complexity index is 1130. The summed E-state index contributed by atoms with van der Waals surface area (Å²) in [6.07, 6.45) is -2.22. The predicted molar refractivity (Wildman–Crippen MR) is 112 cm³/mol. The first-order chi connectivity index (χ1) is 15.1. The lowest BCUT2D eigenvalue weighted by molar-refractivity contribution is -0.182. The SMILES string of the molecule is Cn1c(Nc2c(F)cccc2Cl)nc2cc(C(=O)NC3CCC(C(F)(F)F)CC3)ncc21. The molecule has 2 N–H and O–H groups in total. The summed E-state index contributed by atoms with van der Waals surface area (Å²) in [6.45, 7) is 0. The number of carbonyl (C=O) groups is 1. The molecule has 1 saturated carbocycles. The summed E-state index contributed by atoms with van der Waals surface area (Å²) < 4.78 is 54.2. The third-order valence-corrected chi connectivity index (χ3v) is 6.04. The molecule has 1 aliphatic rings. The Morgan fingerprint density at radius 1 is 1.22 bits per heavy atom. The molecule has 4 rings (SSSR count). The van der Waals surface area contributed by atoms with Gasteiger partial charge >= 0.3 is 6.18 Å². The summed E-state index contributed by atoms with van der Waals surface area (Å²) in [6, 6.07) is 5.45. The number of para-hydroxylation sites is 1. The fraction of sp³-hybridized carbons (Fsp3) is 0.381. The van der Waals surface area contributed by atoms with E-state index in [9.17, 15) is 22.4 Å². The Morgan fingerprint density at radius 2 is 1.94 bits per heavy atom. The van der Waals surface area contributed by atoms with Crippen molar-refractivity contribution in [2.75, 3.05) is 5.32 Å². The van der Waals surface area contributed by atoms with Crippen LogP contribution in [0.4, 0.5) is 29.2 Å². The highest BCUT2D eigenvalue weighted by molar-refractivity contribution is 6.33. The molecule has 0 aliphatic heterocycles. The van der Waals surface area contributed by atoms with E-state index >= 15 is 0 Å². The van der Waals surface area contributed by atoms with Gasteiger partial charge in [0.25, 0.3) is 5.91 Å². The largest absolute Gasteiger partial charge is 0.391 e. The van der Waals surface area contributed by atoms with Crippen LogP contribution < -0.4 is 10.6 Å². The second-order valence-corrected chi connectivity index (χ2v) is 8.25. The monoisotopic (exact) mass is 469 g/mol. The molecule has 6 nitrogen and oxygen atoms in total. The quantitative estimate of drug-likeness (QED) is 0.505. The number of benzene rings is 1. The van der Waals surface area contributed by atoms with Crippen molar-refractivity contribution in [2.45, 2.75) is 37.9 Å². The van der Waals surface area contributed by atoms with Crippen molar-refractivity contribution in [1.82, 2.24) is 19.9 Å². The first-order valence-corrected chi connectivity index (χ1v) is 10.4. The molecule has 170 valence electrons. The zero-order chi connectivity index (χ0) is 23.0. The van der Waals surface area contributed by atoms with Crippen molar-refractivity contribution < 1.29 is 22.4 Å². The van der Waals surface area contributed by atoms with Crippen LogP contribution in [0.2, 0.25) is 5.02 Å². The van der Waals surface area contributed by atoms with Crippen LogP contribution in [-0.4, -0.2) is 32.7 Å². The van der Waals surface area contributed by atoms with Crippen LogP contribution in [0.25, 0.3) is 11.0 Å². The molecule has 0 bridgehead atoms. The Morgan fingerprint density at radius 3 is 2.59 bits per heavy atom. The number of hydrogen-bond donors (Lipinski definition) is 2. The first kappa shape index (κ1) is 22.3. The van der Waals surface area contributed by atoms with Gasteiger partial charge in [0, 0.05) is 13.1 Å². The molecule has 1 aromatic carbocycles. The number of rotatable bonds is 4. The molecular formula is C21H20ClF4N5O. The van der Waals surface area contributed by atoms with Crippen molar-refractivity contribution in [3.63, 3.8) is 0 Å². The number of aromatic nitrogens is 3. The van der Waals surface area contributed by atoms with Gasteiger partial charge in [0.15, 0.2) is 0 Å². The second kappa shape index (κ2) is 8.57. The highest BCUT2D eigenvalue weighted by Crippen LogP contribution is 2.37. The van der Waals surface area contributed by atoms with Gasteiger partial charge in [-0.25, -0.2) is 14.4 Å². The zero-order valence-electron chi connectivity index (χ0n) is 17.0. The molecular weight excluding hydrogens is 450 g/mol. The van der Waals surface area contributed by atoms with E-state index in [1.54, 1.807) is 17.7 Å². The summed E-state index contributed by atoms with van der Waals surface area (Å²) in [5, 5.41) is 5.81. The number of fused-ring (bicyclic) bond motifs is 1. The molecule has 0 atom stereocenters. The number of alkyl halides is 3. The lowest BCUT2D eigenvalue weighted by atomic mass is 9.85. The van der Waals surface area contributed by atoms with Gasteiger partial charge in [0.1, 0.15) is 11.5 Å². The van der Waals surface area contributed by atoms with Crippen LogP contribution in [0.15, 0.2) is 30.5 Å². The zero-order valence-corrected chi connectivity index (χ0v) is 17.8. The Hall–Kier alpha value is -2.88. The number of pyridine rings is 1. The Balaban J connectivity index is 1.49. The molecule has 0 spiro atoms. The topological polar surface area (TPSA) is 71.8 Å². The number of carbonyl (C=O) groups excluding carboxylic acids is 1. The van der Waals surface area contributed by atoms with Crippen LogP contribution in [0, 0.1) is 11.7 Å². The average molecular weight is 470 g/mol. The maximum atomic E-state index is 14.1. The molecule has 0 saturated heterocycles. The summed E-state index contributed by atoms with van der Waals surface area (Å²) in [5.74, 6) is -2.02. The molecule has 3 aromatic rings. The van der Waals surface area contributed by atoms with Crippen molar-refractivity contribution in [3.8, 4) is 0 Å². The smallest absolute Gasteiger partial charge is 0.348 e. The number of imidazole rings is 1. The summed E-state index contributed by atoms with van der Waals surface area (Å²) in [5.41, 5.74) is 1.22. The summed E-state index contributed by atoms with van der Waals surface area (Å²) in [7, 11) is 1.70. The Kier molecular flexibility index (Phi) is 5.98. The molecule has 1 fully saturated rings.